The standard InChI is InChI=1S/C16H20N4O5S/c1-4-17-11(21)5-18-12(22)7-25-13(23)6-20-8-19-15-14(16(20)24)9(2)10(3)26-15/h8H,4-7H2,1-3H3,(H,17,21)(H,18,22). The highest BCUT2D eigenvalue weighted by atomic mass is 32.1. The zero-order valence-electron chi connectivity index (χ0n) is 14.7. The molecule has 0 atom stereocenters. The van der Waals surface area contributed by atoms with E-state index in [1.807, 2.05) is 13.8 Å². The number of hydrogen-bond acceptors (Lipinski definition) is 7. The summed E-state index contributed by atoms with van der Waals surface area (Å²) in [6, 6.07) is 0. The van der Waals surface area contributed by atoms with Crippen LogP contribution < -0.4 is 16.2 Å². The Balaban J connectivity index is 1.92. The maximum absolute atomic E-state index is 12.5. The van der Waals surface area contributed by atoms with Crippen molar-refractivity contribution in [1.29, 1.82) is 0 Å². The number of ether oxygens (including phenoxy) is 1. The van der Waals surface area contributed by atoms with Crippen molar-refractivity contribution in [2.45, 2.75) is 27.3 Å². The molecule has 9 nitrogen and oxygen atoms in total. The number of fused-ring (bicyclic) bond motifs is 1. The van der Waals surface area contributed by atoms with Gasteiger partial charge in [0.2, 0.25) is 5.91 Å². The number of esters is 1. The first-order chi connectivity index (χ1) is 12.3. The fourth-order valence-corrected chi connectivity index (χ4v) is 3.19. The molecule has 0 aliphatic rings. The van der Waals surface area contributed by atoms with Gasteiger partial charge in [-0.25, -0.2) is 4.98 Å². The Morgan fingerprint density at radius 1 is 1.23 bits per heavy atom. The highest BCUT2D eigenvalue weighted by Gasteiger charge is 2.15. The highest BCUT2D eigenvalue weighted by Crippen LogP contribution is 2.25. The molecule has 0 spiro atoms. The summed E-state index contributed by atoms with van der Waals surface area (Å²) in [5.41, 5.74) is 0.518. The van der Waals surface area contributed by atoms with Gasteiger partial charge in [0.25, 0.3) is 11.5 Å². The summed E-state index contributed by atoms with van der Waals surface area (Å²) >= 11 is 1.42. The van der Waals surface area contributed by atoms with Crippen LogP contribution in [0, 0.1) is 13.8 Å². The molecule has 0 unspecified atom stereocenters. The molecule has 2 aromatic rings. The summed E-state index contributed by atoms with van der Waals surface area (Å²) < 4.78 is 5.98. The van der Waals surface area contributed by atoms with Gasteiger partial charge in [0.15, 0.2) is 6.61 Å². The molecule has 2 heterocycles. The van der Waals surface area contributed by atoms with Crippen LogP contribution in [0.1, 0.15) is 17.4 Å². The van der Waals surface area contributed by atoms with Gasteiger partial charge in [-0.2, -0.15) is 0 Å². The average molecular weight is 380 g/mol. The van der Waals surface area contributed by atoms with Gasteiger partial charge in [-0.15, -0.1) is 11.3 Å². The summed E-state index contributed by atoms with van der Waals surface area (Å²) in [5, 5.41) is 5.33. The van der Waals surface area contributed by atoms with Gasteiger partial charge in [-0.3, -0.25) is 23.7 Å². The number of nitrogens with zero attached hydrogens (tertiary/aromatic N) is 2. The Morgan fingerprint density at radius 3 is 2.65 bits per heavy atom. The number of aromatic nitrogens is 2. The number of aryl methyl sites for hydroxylation is 2. The predicted octanol–water partition coefficient (Wildman–Crippen LogP) is -0.130. The molecule has 2 rings (SSSR count). The zero-order valence-corrected chi connectivity index (χ0v) is 15.6. The summed E-state index contributed by atoms with van der Waals surface area (Å²) in [5.74, 6) is -1.68. The Morgan fingerprint density at radius 2 is 1.96 bits per heavy atom. The topological polar surface area (TPSA) is 119 Å². The lowest BCUT2D eigenvalue weighted by molar-refractivity contribution is -0.149. The lowest BCUT2D eigenvalue weighted by atomic mass is 10.2. The number of hydrogen-bond donors (Lipinski definition) is 2. The minimum Gasteiger partial charge on any atom is -0.454 e. The lowest BCUT2D eigenvalue weighted by Gasteiger charge is -2.08. The smallest absolute Gasteiger partial charge is 0.326 e. The molecular weight excluding hydrogens is 360 g/mol. The van der Waals surface area contributed by atoms with Crippen molar-refractivity contribution in [2.75, 3.05) is 19.7 Å². The Bertz CT molecular complexity index is 902. The highest BCUT2D eigenvalue weighted by molar-refractivity contribution is 7.18. The molecule has 0 saturated heterocycles. The summed E-state index contributed by atoms with van der Waals surface area (Å²) in [4.78, 5) is 52.9. The third kappa shape index (κ3) is 4.66. The van der Waals surface area contributed by atoms with Crippen molar-refractivity contribution in [2.24, 2.45) is 0 Å². The fraction of sp³-hybridized carbons (Fsp3) is 0.438. The van der Waals surface area contributed by atoms with Crippen LogP contribution >= 0.6 is 11.3 Å². The van der Waals surface area contributed by atoms with Crippen LogP contribution in [0.5, 0.6) is 0 Å². The van der Waals surface area contributed by atoms with E-state index in [1.165, 1.54) is 17.7 Å². The van der Waals surface area contributed by atoms with Gasteiger partial charge in [0, 0.05) is 11.4 Å². The molecule has 0 bridgehead atoms. The second kappa shape index (κ2) is 8.56. The number of amides is 2. The number of nitrogens with one attached hydrogen (secondary N) is 2. The molecular formula is C16H20N4O5S. The quantitative estimate of drug-likeness (QED) is 0.646. The van der Waals surface area contributed by atoms with E-state index in [-0.39, 0.29) is 24.6 Å². The Labute approximate surface area is 153 Å². The van der Waals surface area contributed by atoms with Gasteiger partial charge in [-0.1, -0.05) is 0 Å². The molecule has 140 valence electrons. The SMILES string of the molecule is CCNC(=O)CNC(=O)COC(=O)Cn1cnc2sc(C)c(C)c2c1=O. The van der Waals surface area contributed by atoms with Crippen molar-refractivity contribution >= 4 is 39.3 Å². The number of thiophene rings is 1. The first-order valence-electron chi connectivity index (χ1n) is 7.97. The maximum Gasteiger partial charge on any atom is 0.326 e. The van der Waals surface area contributed by atoms with Gasteiger partial charge >= 0.3 is 5.97 Å². The fourth-order valence-electron chi connectivity index (χ4n) is 2.20. The van der Waals surface area contributed by atoms with E-state index >= 15 is 0 Å². The minimum absolute atomic E-state index is 0.193. The van der Waals surface area contributed by atoms with Crippen molar-refractivity contribution < 1.29 is 19.1 Å². The van der Waals surface area contributed by atoms with Crippen molar-refractivity contribution in [1.82, 2.24) is 20.2 Å². The first-order valence-corrected chi connectivity index (χ1v) is 8.79. The second-order valence-corrected chi connectivity index (χ2v) is 6.74. The van der Waals surface area contributed by atoms with Gasteiger partial charge in [0.1, 0.15) is 11.4 Å². The van der Waals surface area contributed by atoms with Crippen LogP contribution in [-0.2, 0) is 25.7 Å². The van der Waals surface area contributed by atoms with Crippen molar-refractivity contribution in [3.8, 4) is 0 Å². The molecule has 2 aromatic heterocycles. The second-order valence-electron chi connectivity index (χ2n) is 5.53. The molecule has 0 fully saturated rings. The summed E-state index contributed by atoms with van der Waals surface area (Å²) in [6.45, 7) is 4.88. The lowest BCUT2D eigenvalue weighted by Crippen LogP contribution is -2.38. The molecule has 2 amide bonds. The molecule has 0 saturated carbocycles. The average Bonchev–Trinajstić information content (AvgIpc) is 2.89. The number of carbonyl (C=O) groups excluding carboxylic acids is 3. The largest absolute Gasteiger partial charge is 0.454 e. The summed E-state index contributed by atoms with van der Waals surface area (Å²) in [7, 11) is 0. The molecule has 0 aliphatic carbocycles. The van der Waals surface area contributed by atoms with E-state index in [1.54, 1.807) is 6.92 Å². The van der Waals surface area contributed by atoms with Crippen molar-refractivity contribution in [3.05, 3.63) is 27.1 Å². The monoisotopic (exact) mass is 380 g/mol. The number of carbonyl (C=O) groups is 3. The Hall–Kier alpha value is -2.75. The maximum atomic E-state index is 12.5. The molecule has 0 radical (unpaired) electrons. The van der Waals surface area contributed by atoms with Crippen LogP contribution in [0.25, 0.3) is 10.2 Å². The van der Waals surface area contributed by atoms with E-state index in [2.05, 4.69) is 15.6 Å². The van der Waals surface area contributed by atoms with Crippen LogP contribution in [0.2, 0.25) is 0 Å². The third-order valence-electron chi connectivity index (χ3n) is 3.64. The third-order valence-corrected chi connectivity index (χ3v) is 4.75. The van der Waals surface area contributed by atoms with Crippen LogP contribution in [0.15, 0.2) is 11.1 Å². The molecule has 0 aromatic carbocycles. The van der Waals surface area contributed by atoms with E-state index in [9.17, 15) is 19.2 Å². The normalized spacial score (nSPS) is 10.6. The predicted molar refractivity (Wildman–Crippen MR) is 96.0 cm³/mol. The molecule has 10 heteroatoms. The van der Waals surface area contributed by atoms with Gasteiger partial charge in [0.05, 0.1) is 18.3 Å². The first kappa shape index (κ1) is 19.6. The molecule has 26 heavy (non-hydrogen) atoms. The minimum atomic E-state index is -0.744. The van der Waals surface area contributed by atoms with Gasteiger partial charge < -0.3 is 15.4 Å². The van der Waals surface area contributed by atoms with Crippen molar-refractivity contribution in [3.63, 3.8) is 0 Å². The number of likely N-dealkylation sites (N-methyl/N-ethyl adjacent to an activating group) is 1. The molecule has 2 N–H and O–H groups in total. The van der Waals surface area contributed by atoms with E-state index in [0.717, 1.165) is 15.0 Å². The molecule has 0 aliphatic heterocycles. The summed E-state index contributed by atoms with van der Waals surface area (Å²) in [6.07, 6.45) is 1.29. The van der Waals surface area contributed by atoms with E-state index in [4.69, 9.17) is 4.74 Å². The van der Waals surface area contributed by atoms with Gasteiger partial charge in [-0.05, 0) is 26.3 Å². The van der Waals surface area contributed by atoms with Crippen LogP contribution in [0.4, 0.5) is 0 Å². The zero-order chi connectivity index (χ0) is 19.3. The Kier molecular flexibility index (Phi) is 6.45. The van der Waals surface area contributed by atoms with E-state index in [0.29, 0.717) is 16.8 Å². The number of rotatable bonds is 7. The van der Waals surface area contributed by atoms with Crippen LogP contribution in [0.3, 0.4) is 0 Å². The van der Waals surface area contributed by atoms with E-state index < -0.39 is 18.5 Å². The van der Waals surface area contributed by atoms with Crippen LogP contribution in [-0.4, -0.2) is 47.0 Å².